The number of benzene rings is 2. The molecule has 3 aromatic heterocycles. The Morgan fingerprint density at radius 2 is 1.95 bits per heavy atom. The minimum atomic E-state index is -0.757. The highest BCUT2D eigenvalue weighted by molar-refractivity contribution is 6.29. The largest absolute Gasteiger partial charge is 0.483 e. The molecule has 2 N–H and O–H groups in total. The predicted octanol–water partition coefficient (Wildman–Crippen LogP) is 4.68. The second kappa shape index (κ2) is 9.05. The number of ether oxygens (including phenoxy) is 1. The first-order valence-electron chi connectivity index (χ1n) is 11.7. The molecule has 0 spiro atoms. The molecule has 5 aromatic rings. The van der Waals surface area contributed by atoms with Gasteiger partial charge in [0.05, 0.1) is 17.8 Å². The van der Waals surface area contributed by atoms with Gasteiger partial charge in [-0.2, -0.15) is 4.68 Å². The molecule has 0 saturated heterocycles. The highest BCUT2D eigenvalue weighted by Crippen LogP contribution is 2.34. The molecule has 0 radical (unpaired) electrons. The smallest absolute Gasteiger partial charge is 0.271 e. The first-order valence-corrected chi connectivity index (χ1v) is 12.1. The monoisotopic (exact) mass is 517 g/mol. The van der Waals surface area contributed by atoms with Crippen molar-refractivity contribution in [1.29, 1.82) is 0 Å². The molecule has 3 heterocycles. The highest BCUT2D eigenvalue weighted by Gasteiger charge is 2.22. The third-order valence-electron chi connectivity index (χ3n) is 6.63. The van der Waals surface area contributed by atoms with E-state index in [2.05, 4.69) is 4.98 Å². The van der Waals surface area contributed by atoms with Crippen LogP contribution in [0.3, 0.4) is 0 Å². The number of primary amides is 1. The van der Waals surface area contributed by atoms with E-state index in [0.29, 0.717) is 27.9 Å². The molecule has 9 heteroatoms. The lowest BCUT2D eigenvalue weighted by atomic mass is 9.99. The lowest BCUT2D eigenvalue weighted by Gasteiger charge is -2.19. The molecule has 37 heavy (non-hydrogen) atoms. The van der Waals surface area contributed by atoms with E-state index >= 15 is 0 Å². The average molecular weight is 518 g/mol. The maximum absolute atomic E-state index is 13.5. The molecule has 0 bridgehead atoms. The Bertz CT molecular complexity index is 1790. The summed E-state index contributed by atoms with van der Waals surface area (Å²) in [7, 11) is 3.95. The molecule has 188 valence electrons. The Labute approximate surface area is 217 Å². The summed E-state index contributed by atoms with van der Waals surface area (Å²) < 4.78 is 16.6. The summed E-state index contributed by atoms with van der Waals surface area (Å²) in [6, 6.07) is 12.8. The summed E-state index contributed by atoms with van der Waals surface area (Å²) in [4.78, 5) is 29.4. The number of hydrogen-bond acceptors (Lipinski definition) is 5. The van der Waals surface area contributed by atoms with Crippen molar-refractivity contribution >= 4 is 39.4 Å². The number of pyridine rings is 1. The molecule has 5 rings (SSSR count). The van der Waals surface area contributed by atoms with Gasteiger partial charge in [0.25, 0.3) is 5.91 Å². The third-order valence-corrected chi connectivity index (χ3v) is 6.84. The fourth-order valence-corrected chi connectivity index (χ4v) is 4.79. The van der Waals surface area contributed by atoms with Crippen molar-refractivity contribution in [3.05, 3.63) is 86.4 Å². The van der Waals surface area contributed by atoms with E-state index < -0.39 is 12.0 Å². The van der Waals surface area contributed by atoms with Gasteiger partial charge in [-0.25, -0.2) is 4.98 Å². The van der Waals surface area contributed by atoms with E-state index in [4.69, 9.17) is 26.5 Å². The second-order valence-corrected chi connectivity index (χ2v) is 9.61. The first-order chi connectivity index (χ1) is 17.5. The zero-order chi connectivity index (χ0) is 26.6. The van der Waals surface area contributed by atoms with Crippen LogP contribution in [0.5, 0.6) is 5.75 Å². The van der Waals surface area contributed by atoms with Gasteiger partial charge in [-0.05, 0) is 68.8 Å². The number of aryl methyl sites for hydroxylation is 3. The van der Waals surface area contributed by atoms with E-state index in [-0.39, 0.29) is 22.0 Å². The highest BCUT2D eigenvalue weighted by atomic mass is 35.5. The van der Waals surface area contributed by atoms with Crippen molar-refractivity contribution in [3.8, 4) is 17.1 Å². The van der Waals surface area contributed by atoms with Gasteiger partial charge in [0.1, 0.15) is 28.1 Å². The Morgan fingerprint density at radius 3 is 2.68 bits per heavy atom. The molecule has 1 amide bonds. The van der Waals surface area contributed by atoms with Crippen LogP contribution in [0.1, 0.15) is 40.2 Å². The van der Waals surface area contributed by atoms with Crippen LogP contribution >= 0.6 is 11.6 Å². The van der Waals surface area contributed by atoms with Crippen molar-refractivity contribution in [2.75, 3.05) is 0 Å². The molecule has 0 aliphatic heterocycles. The molecule has 0 fully saturated rings. The van der Waals surface area contributed by atoms with E-state index in [9.17, 15) is 9.59 Å². The minimum Gasteiger partial charge on any atom is -0.483 e. The molecule has 0 unspecified atom stereocenters. The first kappa shape index (κ1) is 24.5. The van der Waals surface area contributed by atoms with Crippen molar-refractivity contribution in [2.45, 2.75) is 26.9 Å². The number of hydrogen-bond donors (Lipinski definition) is 1. The normalized spacial score (nSPS) is 12.3. The Morgan fingerprint density at radius 1 is 1.19 bits per heavy atom. The number of amides is 1. The number of carbonyl (C=O) groups excluding carboxylic acids is 1. The van der Waals surface area contributed by atoms with Gasteiger partial charge in [-0.1, -0.05) is 11.6 Å². The van der Waals surface area contributed by atoms with Crippen LogP contribution in [0, 0.1) is 13.8 Å². The van der Waals surface area contributed by atoms with E-state index in [1.54, 1.807) is 13.0 Å². The lowest BCUT2D eigenvalue weighted by Crippen LogP contribution is -2.35. The fourth-order valence-electron chi connectivity index (χ4n) is 4.64. The molecule has 0 aliphatic carbocycles. The number of rotatable bonds is 5. The third kappa shape index (κ3) is 4.23. The van der Waals surface area contributed by atoms with Crippen molar-refractivity contribution < 1.29 is 18.6 Å². The van der Waals surface area contributed by atoms with Gasteiger partial charge < -0.3 is 14.9 Å². The molecular weight excluding hydrogens is 492 g/mol. The van der Waals surface area contributed by atoms with Crippen molar-refractivity contribution in [2.24, 2.45) is 19.8 Å². The van der Waals surface area contributed by atoms with Crippen LogP contribution in [0.4, 0.5) is 0 Å². The Kier molecular flexibility index (Phi) is 6.00. The topological polar surface area (TPSA) is 104 Å². The van der Waals surface area contributed by atoms with Gasteiger partial charge in [-0.3, -0.25) is 9.59 Å². The zero-order valence-corrected chi connectivity index (χ0v) is 21.9. The van der Waals surface area contributed by atoms with Gasteiger partial charge in [0, 0.05) is 16.7 Å². The van der Waals surface area contributed by atoms with Crippen LogP contribution in [0.2, 0.25) is 5.15 Å². The predicted molar refractivity (Wildman–Crippen MR) is 142 cm³/mol. The van der Waals surface area contributed by atoms with E-state index in [0.717, 1.165) is 22.0 Å². The number of nitrogens with zero attached hydrogens (tertiary/aromatic N) is 3. The molecular formula is C28H26ClN4O4+. The maximum Gasteiger partial charge on any atom is 0.271 e. The summed E-state index contributed by atoms with van der Waals surface area (Å²) in [5, 5.41) is 1.62. The Balaban J connectivity index is 1.67. The molecule has 8 nitrogen and oxygen atoms in total. The van der Waals surface area contributed by atoms with Crippen molar-refractivity contribution in [3.63, 3.8) is 0 Å². The summed E-state index contributed by atoms with van der Waals surface area (Å²) in [6.07, 6.45) is 1.42. The van der Waals surface area contributed by atoms with E-state index in [1.165, 1.54) is 6.07 Å². The molecule has 2 aromatic carbocycles. The summed E-state index contributed by atoms with van der Waals surface area (Å²) in [6.45, 7) is 5.49. The van der Waals surface area contributed by atoms with Gasteiger partial charge in [0.2, 0.25) is 6.20 Å². The standard InChI is InChI=1S/C28H25ClN4O4/c1-14-10-19(16(3)36-22-8-9-23(29)31-24(22)28(30)35)27-20(11-14)25(34)15(2)26(37-27)17-6-7-21-18(12-17)13-32(4)33(21)5/h6-13,16H,1-5H3,(H-,30,35)/p+1/t16-/m1/s1. The summed E-state index contributed by atoms with van der Waals surface area (Å²) in [5.41, 5.74) is 9.64. The SMILES string of the molecule is Cc1cc([C@@H](C)Oc2ccc(Cl)nc2C(N)=O)c2oc(-c3ccc4c(c3)c[n+](C)n4C)c(C)c(=O)c2c1. The Hall–Kier alpha value is -4.17. The number of aromatic nitrogens is 3. The van der Waals surface area contributed by atoms with Gasteiger partial charge in [0.15, 0.2) is 23.9 Å². The maximum atomic E-state index is 13.5. The van der Waals surface area contributed by atoms with E-state index in [1.807, 2.05) is 73.8 Å². The zero-order valence-electron chi connectivity index (χ0n) is 21.1. The second-order valence-electron chi connectivity index (χ2n) is 9.22. The number of nitrogens with two attached hydrogens (primary N) is 1. The fraction of sp³-hybridized carbons (Fsp3) is 0.214. The molecule has 1 atom stereocenters. The number of fused-ring (bicyclic) bond motifs is 2. The van der Waals surface area contributed by atoms with Crippen LogP contribution in [0.25, 0.3) is 33.2 Å². The van der Waals surface area contributed by atoms with Crippen molar-refractivity contribution in [1.82, 2.24) is 9.67 Å². The molecule has 0 aliphatic rings. The van der Waals surface area contributed by atoms with Crippen LogP contribution in [-0.4, -0.2) is 15.6 Å². The molecule has 0 saturated carbocycles. The van der Waals surface area contributed by atoms with Gasteiger partial charge >= 0.3 is 0 Å². The lowest BCUT2D eigenvalue weighted by molar-refractivity contribution is -0.748. The van der Waals surface area contributed by atoms with Crippen LogP contribution < -0.4 is 20.6 Å². The summed E-state index contributed by atoms with van der Waals surface area (Å²) in [5.74, 6) is -0.0710. The van der Waals surface area contributed by atoms with Crippen LogP contribution in [0.15, 0.2) is 57.9 Å². The number of carbonyl (C=O) groups is 1. The quantitative estimate of drug-likeness (QED) is 0.269. The summed E-state index contributed by atoms with van der Waals surface area (Å²) >= 11 is 5.94. The minimum absolute atomic E-state index is 0.0707. The average Bonchev–Trinajstić information content (AvgIpc) is 3.14. The number of halogens is 1. The van der Waals surface area contributed by atoms with Gasteiger partial charge in [-0.15, -0.1) is 4.68 Å². The van der Waals surface area contributed by atoms with Crippen LogP contribution in [-0.2, 0) is 14.1 Å².